The summed E-state index contributed by atoms with van der Waals surface area (Å²) in [7, 11) is -8.34. The zero-order valence-electron chi connectivity index (χ0n) is 8.82. The van der Waals surface area contributed by atoms with E-state index in [2.05, 4.69) is 10.8 Å². The minimum absolute atomic E-state index is 0. The fraction of sp³-hybridized carbons (Fsp3) is 0.111. The van der Waals surface area contributed by atoms with Crippen LogP contribution in [0, 0.1) is 0 Å². The zero-order valence-corrected chi connectivity index (χ0v) is 10.5. The average Bonchev–Trinajstić information content (AvgIpc) is 2.14. The summed E-state index contributed by atoms with van der Waals surface area (Å²) in [6.07, 6.45) is 0. The molecule has 0 atom stereocenters. The van der Waals surface area contributed by atoms with Crippen LogP contribution in [0.3, 0.4) is 0 Å². The third-order valence-electron chi connectivity index (χ3n) is 1.66. The van der Waals surface area contributed by atoms with Gasteiger partial charge >= 0.3 is 68.3 Å². The first kappa shape index (κ1) is 18.4. The van der Waals surface area contributed by atoms with Crippen LogP contribution in [0.1, 0.15) is 6.92 Å². The molecule has 0 unspecified atom stereocenters. The molecule has 0 heterocycles. The molecule has 0 aliphatic rings. The Morgan fingerprint density at radius 1 is 1.11 bits per heavy atom. The van der Waals surface area contributed by atoms with Crippen molar-refractivity contribution in [2.24, 2.45) is 0 Å². The van der Waals surface area contributed by atoms with Gasteiger partial charge in [-0.1, -0.05) is 6.58 Å². The third-order valence-corrected chi connectivity index (χ3v) is 3.88. The molecule has 6 nitrogen and oxygen atoms in total. The van der Waals surface area contributed by atoms with Gasteiger partial charge in [-0.3, -0.25) is 4.55 Å². The predicted octanol–water partition coefficient (Wildman–Crippen LogP) is 0.524. The van der Waals surface area contributed by atoms with Gasteiger partial charge in [-0.15, -0.1) is 0 Å². The van der Waals surface area contributed by atoms with Crippen LogP contribution in [0.15, 0.2) is 46.4 Å². The monoisotopic (exact) mass is 364 g/mol. The molecule has 0 radical (unpaired) electrons. The first-order valence-corrected chi connectivity index (χ1v) is 7.15. The Kier molecular flexibility index (Phi) is 6.89. The number of benzene rings is 1. The molecule has 0 aromatic heterocycles. The van der Waals surface area contributed by atoms with Crippen molar-refractivity contribution in [3.8, 4) is 0 Å². The number of hydrogen-bond acceptors (Lipinski definition) is 5. The van der Waals surface area contributed by atoms with Gasteiger partial charge in [-0.2, -0.15) is 16.8 Å². The van der Waals surface area contributed by atoms with Crippen molar-refractivity contribution >= 4 is 78.4 Å². The maximum absolute atomic E-state index is 11.5. The molecule has 1 aromatic carbocycles. The molecule has 96 valence electrons. The molecule has 0 fully saturated rings. The Morgan fingerprint density at radius 3 is 1.83 bits per heavy atom. The zero-order chi connectivity index (χ0) is 13.3. The number of rotatable bonds is 4. The van der Waals surface area contributed by atoms with E-state index in [4.69, 9.17) is 4.55 Å². The molecule has 0 aliphatic heterocycles. The number of hydrogen-bond donors (Lipinski definition) is 1. The van der Waals surface area contributed by atoms with Gasteiger partial charge in [-0.05, 0) is 31.2 Å². The van der Waals surface area contributed by atoms with Crippen LogP contribution in [0.2, 0.25) is 0 Å². The second kappa shape index (κ2) is 6.73. The molecule has 9 heteroatoms. The summed E-state index contributed by atoms with van der Waals surface area (Å²) in [6.45, 7) is 4.65. The van der Waals surface area contributed by atoms with Crippen LogP contribution >= 0.6 is 0 Å². The molecular formula is C9H11O6RbS2. The standard InChI is InChI=1S/C9H10O6S2.Rb.H/c1-7(2)15-17(13,14)9-5-3-8(4-6-9)16(10,11)12;;/h3-6H,1H2,2H3,(H,10,11,12);;. The summed E-state index contributed by atoms with van der Waals surface area (Å²) < 4.78 is 57.7. The van der Waals surface area contributed by atoms with Crippen molar-refractivity contribution in [2.45, 2.75) is 16.7 Å². The van der Waals surface area contributed by atoms with Gasteiger partial charge in [0, 0.05) is 0 Å². The van der Waals surface area contributed by atoms with Gasteiger partial charge < -0.3 is 4.18 Å². The van der Waals surface area contributed by atoms with E-state index in [1.54, 1.807) is 0 Å². The second-order valence-corrected chi connectivity index (χ2v) is 6.15. The van der Waals surface area contributed by atoms with Crippen molar-refractivity contribution in [1.82, 2.24) is 0 Å². The SMILES string of the molecule is C=C(C)OS(=O)(=O)c1ccc(S(=O)(=O)O)cc1.[RbH]. The first-order valence-electron chi connectivity index (χ1n) is 4.30. The Labute approximate surface area is 155 Å². The maximum atomic E-state index is 11.5. The van der Waals surface area contributed by atoms with E-state index in [0.717, 1.165) is 24.3 Å². The van der Waals surface area contributed by atoms with E-state index in [0.29, 0.717) is 0 Å². The van der Waals surface area contributed by atoms with Crippen LogP contribution in [0.4, 0.5) is 0 Å². The van der Waals surface area contributed by atoms with E-state index in [9.17, 15) is 16.8 Å². The fourth-order valence-corrected chi connectivity index (χ4v) is 2.43. The van der Waals surface area contributed by atoms with E-state index in [-0.39, 0.29) is 68.8 Å². The van der Waals surface area contributed by atoms with Gasteiger partial charge in [0.2, 0.25) is 0 Å². The minimum atomic E-state index is -4.34. The molecule has 1 aromatic rings. The van der Waals surface area contributed by atoms with Gasteiger partial charge in [-0.25, -0.2) is 0 Å². The van der Waals surface area contributed by atoms with Gasteiger partial charge in [0.05, 0.1) is 4.90 Å². The van der Waals surface area contributed by atoms with E-state index >= 15 is 0 Å². The average molecular weight is 365 g/mol. The van der Waals surface area contributed by atoms with Gasteiger partial charge in [0.25, 0.3) is 10.1 Å². The van der Waals surface area contributed by atoms with E-state index in [1.165, 1.54) is 6.92 Å². The van der Waals surface area contributed by atoms with Crippen molar-refractivity contribution in [3.05, 3.63) is 36.6 Å². The van der Waals surface area contributed by atoms with Gasteiger partial charge in [0.1, 0.15) is 10.7 Å². The van der Waals surface area contributed by atoms with Crippen molar-refractivity contribution < 1.29 is 25.6 Å². The van der Waals surface area contributed by atoms with E-state index in [1.807, 2.05) is 0 Å². The van der Waals surface area contributed by atoms with Crippen molar-refractivity contribution in [2.75, 3.05) is 0 Å². The molecule has 0 saturated heterocycles. The molecule has 0 bridgehead atoms. The quantitative estimate of drug-likeness (QED) is 0.475. The molecule has 0 amide bonds. The second-order valence-electron chi connectivity index (χ2n) is 3.19. The Balaban J connectivity index is 0.00000289. The molecule has 1 rings (SSSR count). The van der Waals surface area contributed by atoms with E-state index < -0.39 is 25.1 Å². The third kappa shape index (κ3) is 5.20. The molecule has 0 spiro atoms. The van der Waals surface area contributed by atoms with Crippen molar-refractivity contribution in [3.63, 3.8) is 0 Å². The van der Waals surface area contributed by atoms with Crippen LogP contribution in [-0.4, -0.2) is 79.6 Å². The fourth-order valence-electron chi connectivity index (χ4n) is 1.01. The summed E-state index contributed by atoms with van der Waals surface area (Å²) in [5.74, 6) is -0.0103. The van der Waals surface area contributed by atoms with Crippen LogP contribution in [-0.2, 0) is 24.4 Å². The molecule has 0 aliphatic carbocycles. The van der Waals surface area contributed by atoms with Crippen LogP contribution in [0.25, 0.3) is 0 Å². The molecular weight excluding hydrogens is 354 g/mol. The topological polar surface area (TPSA) is 97.7 Å². The van der Waals surface area contributed by atoms with Gasteiger partial charge in [0.15, 0.2) is 0 Å². The Morgan fingerprint density at radius 2 is 1.50 bits per heavy atom. The molecule has 1 N–H and O–H groups in total. The summed E-state index contributed by atoms with van der Waals surface area (Å²) in [6, 6.07) is 3.96. The summed E-state index contributed by atoms with van der Waals surface area (Å²) in [5.41, 5.74) is 0. The Bertz CT molecular complexity index is 630. The molecule has 0 saturated carbocycles. The normalized spacial score (nSPS) is 11.4. The van der Waals surface area contributed by atoms with Crippen LogP contribution in [0.5, 0.6) is 0 Å². The number of allylic oxidation sites excluding steroid dienone is 1. The first-order chi connectivity index (χ1) is 7.63. The summed E-state index contributed by atoms with van der Waals surface area (Å²) >= 11 is 0. The predicted molar refractivity (Wildman–Crippen MR) is 66.5 cm³/mol. The van der Waals surface area contributed by atoms with Crippen molar-refractivity contribution in [1.29, 1.82) is 0 Å². The summed E-state index contributed by atoms with van der Waals surface area (Å²) in [5, 5.41) is 0. The van der Waals surface area contributed by atoms with Crippen LogP contribution < -0.4 is 0 Å². The molecule has 18 heavy (non-hydrogen) atoms. The summed E-state index contributed by atoms with van der Waals surface area (Å²) in [4.78, 5) is -0.625. The Hall–Kier alpha value is 0.425.